The summed E-state index contributed by atoms with van der Waals surface area (Å²) in [5, 5.41) is 4.04. The molecule has 0 amide bonds. The molecule has 1 aliphatic rings. The zero-order valence-electron chi connectivity index (χ0n) is 21.0. The summed E-state index contributed by atoms with van der Waals surface area (Å²) in [5.74, 6) is 0. The van der Waals surface area contributed by atoms with Crippen LogP contribution in [0.4, 0.5) is 18.9 Å². The smallest absolute Gasteiger partial charge is 0.351 e. The standard InChI is InChI=1S/C29H27F3N4S/c1-17-11-12-23(14-18(17)2)36-27(26(34-28(36)37)25-10-5-6-13-33-25)24-15-19(3)35(20(24)4)22-9-7-8-21(16-22)29(30,31)32/h5-16,26-27H,1-4H3,(H,34,37)/t26-,27-/m0/s1. The maximum absolute atomic E-state index is 13.5. The van der Waals surface area contributed by atoms with Crippen LogP contribution < -0.4 is 10.2 Å². The van der Waals surface area contributed by atoms with E-state index in [4.69, 9.17) is 12.2 Å². The number of hydrogen-bond acceptors (Lipinski definition) is 2. The van der Waals surface area contributed by atoms with Crippen LogP contribution in [0.1, 0.15) is 51.4 Å². The van der Waals surface area contributed by atoms with E-state index in [1.807, 2.05) is 42.7 Å². The Morgan fingerprint density at radius 3 is 2.32 bits per heavy atom. The fraction of sp³-hybridized carbons (Fsp3) is 0.241. The number of pyridine rings is 1. The van der Waals surface area contributed by atoms with E-state index >= 15 is 0 Å². The highest BCUT2D eigenvalue weighted by molar-refractivity contribution is 7.80. The van der Waals surface area contributed by atoms with Crippen molar-refractivity contribution in [3.63, 3.8) is 0 Å². The summed E-state index contributed by atoms with van der Waals surface area (Å²) in [7, 11) is 0. The second-order valence-electron chi connectivity index (χ2n) is 9.48. The zero-order valence-corrected chi connectivity index (χ0v) is 21.8. The van der Waals surface area contributed by atoms with Gasteiger partial charge in [-0.05, 0) is 105 Å². The van der Waals surface area contributed by atoms with Crippen molar-refractivity contribution in [1.82, 2.24) is 14.9 Å². The summed E-state index contributed by atoms with van der Waals surface area (Å²) >= 11 is 5.84. The van der Waals surface area contributed by atoms with Crippen molar-refractivity contribution in [2.45, 2.75) is 46.0 Å². The molecule has 4 nitrogen and oxygen atoms in total. The van der Waals surface area contributed by atoms with Gasteiger partial charge in [-0.2, -0.15) is 13.2 Å². The van der Waals surface area contributed by atoms with Crippen LogP contribution in [0.2, 0.25) is 0 Å². The second-order valence-corrected chi connectivity index (χ2v) is 9.86. The van der Waals surface area contributed by atoms with Crippen molar-refractivity contribution in [3.05, 3.63) is 112 Å². The predicted octanol–water partition coefficient (Wildman–Crippen LogP) is 7.30. The Labute approximate surface area is 219 Å². The second kappa shape index (κ2) is 9.34. The molecule has 0 unspecified atom stereocenters. The highest BCUT2D eigenvalue weighted by atomic mass is 32.1. The molecule has 0 radical (unpaired) electrons. The highest BCUT2D eigenvalue weighted by Crippen LogP contribution is 2.44. The van der Waals surface area contributed by atoms with Crippen LogP contribution in [0.15, 0.2) is 72.9 Å². The number of nitrogens with one attached hydrogen (secondary N) is 1. The number of thiocarbonyl (C=S) groups is 1. The van der Waals surface area contributed by atoms with Crippen LogP contribution in [0.3, 0.4) is 0 Å². The third-order valence-electron chi connectivity index (χ3n) is 7.09. The first-order chi connectivity index (χ1) is 17.6. The lowest BCUT2D eigenvalue weighted by molar-refractivity contribution is -0.137. The Kier molecular flexibility index (Phi) is 6.31. The largest absolute Gasteiger partial charge is 0.416 e. The fourth-order valence-corrected chi connectivity index (χ4v) is 5.48. The molecule has 2 aromatic carbocycles. The van der Waals surface area contributed by atoms with Crippen LogP contribution in [0, 0.1) is 27.7 Å². The number of anilines is 1. The van der Waals surface area contributed by atoms with Gasteiger partial charge in [0.2, 0.25) is 0 Å². The van der Waals surface area contributed by atoms with Crippen LogP contribution >= 0.6 is 12.2 Å². The molecular weight excluding hydrogens is 493 g/mol. The average Bonchev–Trinajstić information content (AvgIpc) is 3.36. The molecule has 8 heteroatoms. The average molecular weight is 521 g/mol. The minimum atomic E-state index is -4.42. The van der Waals surface area contributed by atoms with Crippen molar-refractivity contribution >= 4 is 23.0 Å². The normalized spacial score (nSPS) is 17.8. The van der Waals surface area contributed by atoms with Crippen molar-refractivity contribution in [1.29, 1.82) is 0 Å². The van der Waals surface area contributed by atoms with Gasteiger partial charge in [-0.15, -0.1) is 0 Å². The molecule has 1 N–H and O–H groups in total. The van der Waals surface area contributed by atoms with Gasteiger partial charge >= 0.3 is 6.18 Å². The molecule has 0 bridgehead atoms. The summed E-state index contributed by atoms with van der Waals surface area (Å²) in [5.41, 5.74) is 6.57. The lowest BCUT2D eigenvalue weighted by atomic mass is 9.96. The van der Waals surface area contributed by atoms with E-state index in [0.29, 0.717) is 10.8 Å². The summed E-state index contributed by atoms with van der Waals surface area (Å²) in [6, 6.07) is 19.0. The highest BCUT2D eigenvalue weighted by Gasteiger charge is 2.42. The quantitative estimate of drug-likeness (QED) is 0.286. The number of hydrogen-bond donors (Lipinski definition) is 1. The van der Waals surface area contributed by atoms with Crippen LogP contribution in [-0.2, 0) is 6.18 Å². The lowest BCUT2D eigenvalue weighted by Gasteiger charge is -2.28. The summed E-state index contributed by atoms with van der Waals surface area (Å²) in [6.45, 7) is 7.98. The van der Waals surface area contributed by atoms with Crippen molar-refractivity contribution < 1.29 is 13.2 Å². The first kappa shape index (κ1) is 25.0. The third kappa shape index (κ3) is 4.50. The van der Waals surface area contributed by atoms with E-state index in [1.165, 1.54) is 17.7 Å². The monoisotopic (exact) mass is 520 g/mol. The molecule has 1 aliphatic heterocycles. The van der Waals surface area contributed by atoms with Crippen LogP contribution in [0.5, 0.6) is 0 Å². The van der Waals surface area contributed by atoms with Crippen LogP contribution in [0.25, 0.3) is 5.69 Å². The first-order valence-electron chi connectivity index (χ1n) is 12.0. The van der Waals surface area contributed by atoms with Crippen LogP contribution in [-0.4, -0.2) is 14.7 Å². The van der Waals surface area contributed by atoms with Gasteiger partial charge in [-0.3, -0.25) is 4.98 Å². The Morgan fingerprint density at radius 2 is 1.65 bits per heavy atom. The molecule has 1 fully saturated rings. The van der Waals surface area contributed by atoms with Crippen molar-refractivity contribution in [3.8, 4) is 5.69 Å². The van der Waals surface area contributed by atoms with E-state index < -0.39 is 11.7 Å². The third-order valence-corrected chi connectivity index (χ3v) is 7.40. The molecule has 0 aliphatic carbocycles. The van der Waals surface area contributed by atoms with Crippen molar-refractivity contribution in [2.75, 3.05) is 4.90 Å². The van der Waals surface area contributed by atoms with Gasteiger partial charge in [0.15, 0.2) is 5.11 Å². The van der Waals surface area contributed by atoms with Gasteiger partial charge in [-0.25, -0.2) is 0 Å². The molecule has 190 valence electrons. The number of benzene rings is 2. The predicted molar refractivity (Wildman–Crippen MR) is 144 cm³/mol. The lowest BCUT2D eigenvalue weighted by Crippen LogP contribution is -2.29. The number of rotatable bonds is 4. The zero-order chi connectivity index (χ0) is 26.5. The summed E-state index contributed by atoms with van der Waals surface area (Å²) in [6.07, 6.45) is -2.67. The molecule has 3 heterocycles. The summed E-state index contributed by atoms with van der Waals surface area (Å²) < 4.78 is 42.3. The maximum Gasteiger partial charge on any atom is 0.416 e. The Bertz CT molecular complexity index is 1480. The van der Waals surface area contributed by atoms with Crippen molar-refractivity contribution in [2.24, 2.45) is 0 Å². The molecule has 0 spiro atoms. The number of aryl methyl sites for hydroxylation is 3. The molecule has 1 saturated heterocycles. The van der Waals surface area contributed by atoms with Gasteiger partial charge < -0.3 is 14.8 Å². The number of halogens is 3. The van der Waals surface area contributed by atoms with E-state index in [0.717, 1.165) is 40.0 Å². The molecule has 37 heavy (non-hydrogen) atoms. The van der Waals surface area contributed by atoms with Gasteiger partial charge in [-0.1, -0.05) is 18.2 Å². The molecule has 4 aromatic rings. The molecule has 5 rings (SSSR count). The van der Waals surface area contributed by atoms with E-state index in [2.05, 4.69) is 47.2 Å². The maximum atomic E-state index is 13.5. The molecular formula is C29H27F3N4S. The molecule has 2 atom stereocenters. The van der Waals surface area contributed by atoms with Gasteiger partial charge in [0.25, 0.3) is 0 Å². The molecule has 0 saturated carbocycles. The Hall–Kier alpha value is -3.65. The SMILES string of the molecule is Cc1ccc(N2C(=S)N[C@@H](c3ccccn3)[C@@H]2c2cc(C)n(-c3cccc(C(F)(F)F)c3)c2C)cc1C. The fourth-order valence-electron chi connectivity index (χ4n) is 5.13. The topological polar surface area (TPSA) is 33.1 Å². The van der Waals surface area contributed by atoms with E-state index in [9.17, 15) is 13.2 Å². The summed E-state index contributed by atoms with van der Waals surface area (Å²) in [4.78, 5) is 6.70. The number of alkyl halides is 3. The number of aromatic nitrogens is 2. The van der Waals surface area contributed by atoms with Gasteiger partial charge in [0.1, 0.15) is 0 Å². The molecule has 2 aromatic heterocycles. The van der Waals surface area contributed by atoms with E-state index in [-0.39, 0.29) is 12.1 Å². The Morgan fingerprint density at radius 1 is 0.865 bits per heavy atom. The van der Waals surface area contributed by atoms with E-state index in [1.54, 1.807) is 12.3 Å². The first-order valence-corrected chi connectivity index (χ1v) is 12.4. The Balaban J connectivity index is 1.68. The van der Waals surface area contributed by atoms with Gasteiger partial charge in [0, 0.05) is 29.0 Å². The van der Waals surface area contributed by atoms with Gasteiger partial charge in [0.05, 0.1) is 23.3 Å². The minimum absolute atomic E-state index is 0.245. The minimum Gasteiger partial charge on any atom is -0.351 e. The number of nitrogens with zero attached hydrogens (tertiary/aromatic N) is 3.